The third kappa shape index (κ3) is 4.98. The van der Waals surface area contributed by atoms with Crippen LogP contribution in [0.3, 0.4) is 0 Å². The number of hydrogen-bond donors (Lipinski definition) is 0. The normalized spacial score (nSPS) is 11.6. The van der Waals surface area contributed by atoms with Crippen molar-refractivity contribution in [1.29, 1.82) is 0 Å². The molecule has 9 heteroatoms. The minimum absolute atomic E-state index is 0.0611. The van der Waals surface area contributed by atoms with Crippen LogP contribution in [0.4, 0.5) is 0 Å². The molecule has 1 amide bonds. The Hall–Kier alpha value is -2.68. The van der Waals surface area contributed by atoms with Gasteiger partial charge in [-0.05, 0) is 30.3 Å². The van der Waals surface area contributed by atoms with Gasteiger partial charge in [-0.3, -0.25) is 4.79 Å². The number of carbonyl (C=O) groups is 1. The zero-order valence-electron chi connectivity index (χ0n) is 17.7. The Bertz CT molecular complexity index is 1160. The number of rotatable bonds is 8. The number of aromatic nitrogens is 2. The van der Waals surface area contributed by atoms with Gasteiger partial charge in [0.2, 0.25) is 10.0 Å². The maximum atomic E-state index is 13.0. The fourth-order valence-corrected chi connectivity index (χ4v) is 5.22. The third-order valence-electron chi connectivity index (χ3n) is 4.92. The van der Waals surface area contributed by atoms with Crippen LogP contribution in [0, 0.1) is 0 Å². The minimum Gasteiger partial charge on any atom is -0.337 e. The molecule has 1 aromatic heterocycles. The van der Waals surface area contributed by atoms with E-state index in [4.69, 9.17) is 11.6 Å². The summed E-state index contributed by atoms with van der Waals surface area (Å²) in [6.07, 6.45) is 3.56. The average molecular weight is 461 g/mol. The number of carbonyl (C=O) groups excluding carboxylic acids is 1. The third-order valence-corrected chi connectivity index (χ3v) is 7.46. The highest BCUT2D eigenvalue weighted by Crippen LogP contribution is 2.26. The zero-order valence-corrected chi connectivity index (χ0v) is 19.3. The summed E-state index contributed by atoms with van der Waals surface area (Å²) in [4.78, 5) is 14.4. The molecule has 0 saturated heterocycles. The summed E-state index contributed by atoms with van der Waals surface area (Å²) in [5.74, 6) is -0.305. The Balaban J connectivity index is 1.81. The van der Waals surface area contributed by atoms with Gasteiger partial charge in [-0.2, -0.15) is 9.40 Å². The molecule has 31 heavy (non-hydrogen) atoms. The van der Waals surface area contributed by atoms with Gasteiger partial charge < -0.3 is 4.90 Å². The Morgan fingerprint density at radius 3 is 2.42 bits per heavy atom. The van der Waals surface area contributed by atoms with E-state index >= 15 is 0 Å². The largest absolute Gasteiger partial charge is 0.337 e. The molecule has 2 aromatic carbocycles. The lowest BCUT2D eigenvalue weighted by atomic mass is 10.2. The van der Waals surface area contributed by atoms with Crippen molar-refractivity contribution in [3.05, 3.63) is 77.1 Å². The summed E-state index contributed by atoms with van der Waals surface area (Å²) in [6.45, 7) is 4.48. The van der Waals surface area contributed by atoms with E-state index in [1.807, 2.05) is 36.5 Å². The van der Waals surface area contributed by atoms with Crippen LogP contribution in [-0.4, -0.2) is 53.4 Å². The number of sulfonamides is 1. The van der Waals surface area contributed by atoms with Gasteiger partial charge in [-0.1, -0.05) is 43.6 Å². The lowest BCUT2D eigenvalue weighted by Gasteiger charge is -2.21. The molecule has 0 radical (unpaired) electrons. The van der Waals surface area contributed by atoms with Gasteiger partial charge in [0.15, 0.2) is 0 Å². The Morgan fingerprint density at radius 1 is 1.10 bits per heavy atom. The second-order valence-electron chi connectivity index (χ2n) is 7.02. The lowest BCUT2D eigenvalue weighted by Crippen LogP contribution is -2.31. The Morgan fingerprint density at radius 2 is 1.77 bits per heavy atom. The fraction of sp³-hybridized carbons (Fsp3) is 0.273. The maximum absolute atomic E-state index is 13.0. The predicted octanol–water partition coefficient (Wildman–Crippen LogP) is 3.83. The summed E-state index contributed by atoms with van der Waals surface area (Å²) < 4.78 is 28.8. The summed E-state index contributed by atoms with van der Waals surface area (Å²) >= 11 is 6.17. The SMILES string of the molecule is CCN(CC)S(=O)(=O)c1cc(C(=O)N(C)Cc2cnn(-c3ccccc3)c2)ccc1Cl. The van der Waals surface area contributed by atoms with Gasteiger partial charge in [0, 0.05) is 44.0 Å². The highest BCUT2D eigenvalue weighted by molar-refractivity contribution is 7.89. The highest BCUT2D eigenvalue weighted by Gasteiger charge is 2.26. The molecule has 0 aliphatic carbocycles. The van der Waals surface area contributed by atoms with Crippen LogP contribution in [0.25, 0.3) is 5.69 Å². The topological polar surface area (TPSA) is 75.5 Å². The molecule has 0 aliphatic rings. The summed E-state index contributed by atoms with van der Waals surface area (Å²) in [6, 6.07) is 14.0. The first kappa shape index (κ1) is 23.0. The van der Waals surface area contributed by atoms with Crippen LogP contribution in [0.5, 0.6) is 0 Å². The van der Waals surface area contributed by atoms with E-state index in [0.29, 0.717) is 19.6 Å². The van der Waals surface area contributed by atoms with Crippen LogP contribution in [-0.2, 0) is 16.6 Å². The van der Waals surface area contributed by atoms with Gasteiger partial charge in [-0.25, -0.2) is 13.1 Å². The number of para-hydroxylation sites is 1. The predicted molar refractivity (Wildman–Crippen MR) is 121 cm³/mol. The van der Waals surface area contributed by atoms with Crippen LogP contribution < -0.4 is 0 Å². The van der Waals surface area contributed by atoms with Gasteiger partial charge in [0.1, 0.15) is 4.90 Å². The second kappa shape index (κ2) is 9.64. The number of halogens is 1. The summed E-state index contributed by atoms with van der Waals surface area (Å²) in [5.41, 5.74) is 2.03. The second-order valence-corrected chi connectivity index (χ2v) is 9.34. The van der Waals surface area contributed by atoms with Crippen molar-refractivity contribution in [3.63, 3.8) is 0 Å². The van der Waals surface area contributed by atoms with Crippen molar-refractivity contribution in [2.75, 3.05) is 20.1 Å². The molecule has 0 N–H and O–H groups in total. The standard InChI is InChI=1S/C22H25ClN4O3S/c1-4-26(5-2)31(29,30)21-13-18(11-12-20(21)23)22(28)25(3)15-17-14-24-27(16-17)19-9-7-6-8-10-19/h6-14,16H,4-5,15H2,1-3H3. The van der Waals surface area contributed by atoms with Crippen molar-refractivity contribution in [1.82, 2.24) is 19.0 Å². The first-order valence-corrected chi connectivity index (χ1v) is 11.7. The Labute approximate surface area is 187 Å². The van der Waals surface area contributed by atoms with Crippen molar-refractivity contribution in [2.45, 2.75) is 25.3 Å². The number of benzene rings is 2. The molecular weight excluding hydrogens is 436 g/mol. The first-order chi connectivity index (χ1) is 14.8. The quantitative estimate of drug-likeness (QED) is 0.512. The van der Waals surface area contributed by atoms with Gasteiger partial charge in [0.05, 0.1) is 16.9 Å². The van der Waals surface area contributed by atoms with Crippen LogP contribution in [0.1, 0.15) is 29.8 Å². The fourth-order valence-electron chi connectivity index (χ4n) is 3.27. The highest BCUT2D eigenvalue weighted by atomic mass is 35.5. The molecule has 1 heterocycles. The smallest absolute Gasteiger partial charge is 0.253 e. The van der Waals surface area contributed by atoms with Crippen LogP contribution >= 0.6 is 11.6 Å². The van der Waals surface area contributed by atoms with Gasteiger partial charge in [-0.15, -0.1) is 0 Å². The summed E-state index contributed by atoms with van der Waals surface area (Å²) in [5, 5.41) is 4.44. The maximum Gasteiger partial charge on any atom is 0.253 e. The first-order valence-electron chi connectivity index (χ1n) is 9.92. The zero-order chi connectivity index (χ0) is 22.6. The van der Waals surface area contributed by atoms with Gasteiger partial charge in [0.25, 0.3) is 5.91 Å². The van der Waals surface area contributed by atoms with E-state index in [-0.39, 0.29) is 21.4 Å². The molecule has 164 valence electrons. The molecular formula is C22H25ClN4O3S. The van der Waals surface area contributed by atoms with E-state index in [2.05, 4.69) is 5.10 Å². The number of hydrogen-bond acceptors (Lipinski definition) is 4. The summed E-state index contributed by atoms with van der Waals surface area (Å²) in [7, 11) is -2.12. The molecule has 0 aliphatic heterocycles. The van der Waals surface area contributed by atoms with E-state index < -0.39 is 10.0 Å². The van der Waals surface area contributed by atoms with Crippen LogP contribution in [0.15, 0.2) is 65.8 Å². The molecule has 0 spiro atoms. The van der Waals surface area contributed by atoms with E-state index in [9.17, 15) is 13.2 Å². The van der Waals surface area contributed by atoms with Crippen molar-refractivity contribution in [3.8, 4) is 5.69 Å². The Kier molecular flexibility index (Phi) is 7.15. The van der Waals surface area contributed by atoms with Crippen molar-refractivity contribution < 1.29 is 13.2 Å². The molecule has 0 atom stereocenters. The monoisotopic (exact) mass is 460 g/mol. The van der Waals surface area contributed by atoms with E-state index in [1.54, 1.807) is 31.8 Å². The van der Waals surface area contributed by atoms with E-state index in [0.717, 1.165) is 11.3 Å². The van der Waals surface area contributed by atoms with Crippen LogP contribution in [0.2, 0.25) is 5.02 Å². The molecule has 3 rings (SSSR count). The number of nitrogens with zero attached hydrogens (tertiary/aromatic N) is 4. The van der Waals surface area contributed by atoms with E-state index in [1.165, 1.54) is 27.4 Å². The van der Waals surface area contributed by atoms with Crippen molar-refractivity contribution >= 4 is 27.5 Å². The van der Waals surface area contributed by atoms with Gasteiger partial charge >= 0.3 is 0 Å². The van der Waals surface area contributed by atoms with Crippen molar-refractivity contribution in [2.24, 2.45) is 0 Å². The lowest BCUT2D eigenvalue weighted by molar-refractivity contribution is 0.0785. The molecule has 0 saturated carbocycles. The molecule has 0 unspecified atom stereocenters. The molecule has 3 aromatic rings. The molecule has 0 bridgehead atoms. The number of amides is 1. The minimum atomic E-state index is -3.78. The molecule has 7 nitrogen and oxygen atoms in total. The molecule has 0 fully saturated rings. The average Bonchev–Trinajstić information content (AvgIpc) is 3.23.